The van der Waals surface area contributed by atoms with E-state index in [1.807, 2.05) is 30.5 Å². The average Bonchev–Trinajstić information content (AvgIpc) is 3.21. The van der Waals surface area contributed by atoms with Crippen LogP contribution in [0, 0.1) is 5.82 Å². The van der Waals surface area contributed by atoms with Gasteiger partial charge in [-0.3, -0.25) is 4.79 Å². The Morgan fingerprint density at radius 1 is 1.15 bits per heavy atom. The summed E-state index contributed by atoms with van der Waals surface area (Å²) in [5.74, 6) is -0.433. The maximum atomic E-state index is 13.3. The van der Waals surface area contributed by atoms with E-state index in [0.717, 1.165) is 34.9 Å². The normalized spacial score (nSPS) is 16.1. The fourth-order valence-corrected chi connectivity index (χ4v) is 3.78. The number of aliphatic hydroxyl groups is 1. The van der Waals surface area contributed by atoms with Gasteiger partial charge in [0, 0.05) is 28.4 Å². The van der Waals surface area contributed by atoms with Crippen molar-refractivity contribution in [1.29, 1.82) is 0 Å². The number of nitrogens with one attached hydrogen (secondary N) is 2. The zero-order chi connectivity index (χ0) is 18.1. The summed E-state index contributed by atoms with van der Waals surface area (Å²) in [6.45, 7) is 0. The molecular formula is C21H21FN2O2. The Labute approximate surface area is 151 Å². The van der Waals surface area contributed by atoms with E-state index < -0.39 is 5.60 Å². The molecule has 0 bridgehead atoms. The highest BCUT2D eigenvalue weighted by atomic mass is 19.1. The maximum absolute atomic E-state index is 13.3. The molecule has 1 aliphatic carbocycles. The smallest absolute Gasteiger partial charge is 0.227 e. The number of anilines is 1. The highest BCUT2D eigenvalue weighted by Gasteiger charge is 2.33. The number of hydrogen-bond acceptors (Lipinski definition) is 2. The molecule has 2 aromatic carbocycles. The predicted octanol–water partition coefficient (Wildman–Crippen LogP) is 4.61. The summed E-state index contributed by atoms with van der Waals surface area (Å²) in [4.78, 5) is 15.3. The molecule has 3 aromatic rings. The molecule has 1 aromatic heterocycles. The number of H-pyrrole nitrogens is 1. The first kappa shape index (κ1) is 16.8. The summed E-state index contributed by atoms with van der Waals surface area (Å²) < 4.78 is 13.3. The molecule has 26 heavy (non-hydrogen) atoms. The molecule has 0 aliphatic heterocycles. The Bertz CT molecular complexity index is 940. The Kier molecular flexibility index (Phi) is 4.24. The van der Waals surface area contributed by atoms with E-state index in [0.29, 0.717) is 18.5 Å². The summed E-state index contributed by atoms with van der Waals surface area (Å²) in [6.07, 6.45) is 5.34. The molecular weight excluding hydrogens is 331 g/mol. The molecule has 3 N–H and O–H groups in total. The van der Waals surface area contributed by atoms with E-state index in [9.17, 15) is 14.3 Å². The van der Waals surface area contributed by atoms with Crippen molar-refractivity contribution >= 4 is 22.5 Å². The number of hydrogen-bond donors (Lipinski definition) is 3. The number of fused-ring (bicyclic) bond motifs is 1. The van der Waals surface area contributed by atoms with Crippen molar-refractivity contribution in [1.82, 2.24) is 4.98 Å². The topological polar surface area (TPSA) is 65.1 Å². The van der Waals surface area contributed by atoms with Crippen LogP contribution in [-0.4, -0.2) is 21.6 Å². The molecule has 1 aliphatic rings. The monoisotopic (exact) mass is 352 g/mol. The third kappa shape index (κ3) is 3.35. The van der Waals surface area contributed by atoms with E-state index in [-0.39, 0.29) is 18.1 Å². The number of aromatic amines is 1. The van der Waals surface area contributed by atoms with Gasteiger partial charge in [-0.25, -0.2) is 4.39 Å². The molecule has 0 atom stereocenters. The van der Waals surface area contributed by atoms with Crippen molar-refractivity contribution in [2.45, 2.75) is 37.7 Å². The molecule has 1 heterocycles. The molecule has 0 radical (unpaired) electrons. The summed E-state index contributed by atoms with van der Waals surface area (Å²) >= 11 is 0. The summed E-state index contributed by atoms with van der Waals surface area (Å²) in [5, 5.41) is 14.1. The fourth-order valence-electron chi connectivity index (χ4n) is 3.78. The number of carbonyl (C=O) groups excluding carboxylic acids is 1. The van der Waals surface area contributed by atoms with Gasteiger partial charge >= 0.3 is 0 Å². The van der Waals surface area contributed by atoms with E-state index in [2.05, 4.69) is 10.3 Å². The largest absolute Gasteiger partial charge is 0.389 e. The minimum absolute atomic E-state index is 0.142. The number of amides is 1. The Hall–Kier alpha value is -2.66. The third-order valence-corrected chi connectivity index (χ3v) is 5.15. The van der Waals surface area contributed by atoms with Crippen molar-refractivity contribution in [2.24, 2.45) is 0 Å². The molecule has 1 saturated carbocycles. The first-order valence-electron chi connectivity index (χ1n) is 8.92. The van der Waals surface area contributed by atoms with Crippen molar-refractivity contribution < 1.29 is 14.3 Å². The maximum Gasteiger partial charge on any atom is 0.227 e. The predicted molar refractivity (Wildman–Crippen MR) is 100 cm³/mol. The Morgan fingerprint density at radius 2 is 1.88 bits per heavy atom. The van der Waals surface area contributed by atoms with Crippen LogP contribution in [0.25, 0.3) is 22.0 Å². The summed E-state index contributed by atoms with van der Waals surface area (Å²) in [6, 6.07) is 12.2. The number of benzene rings is 2. The molecule has 134 valence electrons. The highest BCUT2D eigenvalue weighted by Crippen LogP contribution is 2.33. The van der Waals surface area contributed by atoms with Gasteiger partial charge in [-0.2, -0.15) is 0 Å². The summed E-state index contributed by atoms with van der Waals surface area (Å²) in [5.41, 5.74) is 2.57. The van der Waals surface area contributed by atoms with Crippen LogP contribution in [0.4, 0.5) is 10.1 Å². The van der Waals surface area contributed by atoms with Gasteiger partial charge in [0.1, 0.15) is 5.82 Å². The van der Waals surface area contributed by atoms with Gasteiger partial charge in [0.25, 0.3) is 0 Å². The van der Waals surface area contributed by atoms with Gasteiger partial charge < -0.3 is 15.4 Å². The lowest BCUT2D eigenvalue weighted by atomic mass is 9.97. The number of halogens is 1. The lowest BCUT2D eigenvalue weighted by Gasteiger charge is -2.21. The van der Waals surface area contributed by atoms with Crippen LogP contribution in [0.2, 0.25) is 0 Å². The standard InChI is InChI=1S/C21H21FN2O2/c22-15-5-8-17-18(13-23-19(17)11-15)14-3-6-16(7-4-14)24-20(25)12-21(26)9-1-2-10-21/h3-8,11,13,23,26H,1-2,9-10,12H2,(H,24,25). The van der Waals surface area contributed by atoms with Crippen LogP contribution < -0.4 is 5.32 Å². The highest BCUT2D eigenvalue weighted by molar-refractivity contribution is 5.96. The molecule has 1 amide bonds. The van der Waals surface area contributed by atoms with E-state index in [4.69, 9.17) is 0 Å². The first-order valence-corrected chi connectivity index (χ1v) is 8.92. The van der Waals surface area contributed by atoms with Crippen LogP contribution in [-0.2, 0) is 4.79 Å². The minimum Gasteiger partial charge on any atom is -0.389 e. The van der Waals surface area contributed by atoms with Crippen molar-refractivity contribution in [3.8, 4) is 11.1 Å². The van der Waals surface area contributed by atoms with Crippen molar-refractivity contribution in [3.05, 3.63) is 54.5 Å². The third-order valence-electron chi connectivity index (χ3n) is 5.15. The number of rotatable bonds is 4. The Balaban J connectivity index is 1.48. The molecule has 0 spiro atoms. The van der Waals surface area contributed by atoms with Gasteiger partial charge in [0.15, 0.2) is 0 Å². The molecule has 5 heteroatoms. The van der Waals surface area contributed by atoms with Crippen LogP contribution in [0.15, 0.2) is 48.7 Å². The molecule has 0 unspecified atom stereocenters. The Morgan fingerprint density at radius 3 is 2.62 bits per heavy atom. The van der Waals surface area contributed by atoms with Crippen LogP contribution in [0.1, 0.15) is 32.1 Å². The van der Waals surface area contributed by atoms with Crippen molar-refractivity contribution in [2.75, 3.05) is 5.32 Å². The first-order chi connectivity index (χ1) is 12.5. The second kappa shape index (κ2) is 6.57. The van der Waals surface area contributed by atoms with Gasteiger partial charge in [0.2, 0.25) is 5.91 Å². The molecule has 0 saturated heterocycles. The summed E-state index contributed by atoms with van der Waals surface area (Å²) in [7, 11) is 0. The zero-order valence-electron chi connectivity index (χ0n) is 14.4. The fraction of sp³-hybridized carbons (Fsp3) is 0.286. The van der Waals surface area contributed by atoms with E-state index in [1.165, 1.54) is 12.1 Å². The van der Waals surface area contributed by atoms with Crippen LogP contribution >= 0.6 is 0 Å². The second-order valence-corrected chi connectivity index (χ2v) is 7.13. The molecule has 4 nitrogen and oxygen atoms in total. The van der Waals surface area contributed by atoms with Crippen molar-refractivity contribution in [3.63, 3.8) is 0 Å². The average molecular weight is 352 g/mol. The van der Waals surface area contributed by atoms with Gasteiger partial charge in [-0.1, -0.05) is 25.0 Å². The zero-order valence-corrected chi connectivity index (χ0v) is 14.4. The number of carbonyl (C=O) groups is 1. The van der Waals surface area contributed by atoms with Gasteiger partial charge in [0.05, 0.1) is 12.0 Å². The van der Waals surface area contributed by atoms with Gasteiger partial charge in [-0.05, 0) is 48.7 Å². The van der Waals surface area contributed by atoms with E-state index >= 15 is 0 Å². The molecule has 4 rings (SSSR count). The molecule has 1 fully saturated rings. The minimum atomic E-state index is -0.844. The van der Waals surface area contributed by atoms with Crippen LogP contribution in [0.3, 0.4) is 0 Å². The van der Waals surface area contributed by atoms with E-state index in [1.54, 1.807) is 6.07 Å². The lowest BCUT2D eigenvalue weighted by Crippen LogP contribution is -2.30. The lowest BCUT2D eigenvalue weighted by molar-refractivity contribution is -0.120. The van der Waals surface area contributed by atoms with Gasteiger partial charge in [-0.15, -0.1) is 0 Å². The van der Waals surface area contributed by atoms with Crippen LogP contribution in [0.5, 0.6) is 0 Å². The second-order valence-electron chi connectivity index (χ2n) is 7.13. The SMILES string of the molecule is O=C(CC1(O)CCCC1)Nc1ccc(-c2c[nH]c3cc(F)ccc23)cc1. The number of aromatic nitrogens is 1. The quantitative estimate of drug-likeness (QED) is 0.642.